The Labute approximate surface area is 193 Å². The smallest absolute Gasteiger partial charge is 0.251 e. The second-order valence-corrected chi connectivity index (χ2v) is 8.69. The molecule has 7 nitrogen and oxygen atoms in total. The molecule has 1 amide bonds. The first-order valence-electron chi connectivity index (χ1n) is 10.1. The molecule has 0 unspecified atom stereocenters. The van der Waals surface area contributed by atoms with E-state index in [2.05, 4.69) is 21.6 Å². The molecule has 0 fully saturated rings. The molecule has 32 heavy (non-hydrogen) atoms. The molecule has 0 radical (unpaired) electrons. The number of hydrogen-bond donors (Lipinski definition) is 2. The summed E-state index contributed by atoms with van der Waals surface area (Å²) in [5.74, 6) is 1.15. The molecular weight excluding hydrogens is 448 g/mol. The van der Waals surface area contributed by atoms with Crippen molar-refractivity contribution in [2.24, 2.45) is 0 Å². The van der Waals surface area contributed by atoms with Gasteiger partial charge in [-0.3, -0.25) is 9.36 Å². The Morgan fingerprint density at radius 2 is 2.12 bits per heavy atom. The highest BCUT2D eigenvalue weighted by molar-refractivity contribution is 7.19. The second-order valence-electron chi connectivity index (χ2n) is 7.23. The van der Waals surface area contributed by atoms with E-state index < -0.39 is 0 Å². The Morgan fingerprint density at radius 3 is 2.97 bits per heavy atom. The number of ether oxygens (including phenoxy) is 1. The van der Waals surface area contributed by atoms with Crippen LogP contribution in [0.1, 0.15) is 15.9 Å². The molecule has 162 valence electrons. The molecule has 5 rings (SSSR count). The van der Waals surface area contributed by atoms with Gasteiger partial charge in [0.2, 0.25) is 0 Å². The molecule has 3 heterocycles. The fourth-order valence-electron chi connectivity index (χ4n) is 3.69. The molecule has 0 atom stereocenters. The number of nitrogens with zero attached hydrogens (tertiary/aromatic N) is 3. The standard InChI is InChI=1S/C23H19ClN4O3S/c24-17-3-1-2-4-18(17)28-13-26-27-22(28)20-12-14-7-10-31-19-11-15(23(30)25-8-9-29)5-6-16(19)21(14)32-20/h1-6,11-13,29H,7-10H2,(H,25,30). The van der Waals surface area contributed by atoms with Crippen molar-refractivity contribution in [3.05, 3.63) is 71.0 Å². The Hall–Kier alpha value is -3.20. The van der Waals surface area contributed by atoms with E-state index >= 15 is 0 Å². The van der Waals surface area contributed by atoms with E-state index in [4.69, 9.17) is 21.4 Å². The van der Waals surface area contributed by atoms with Gasteiger partial charge in [0.15, 0.2) is 5.82 Å². The van der Waals surface area contributed by atoms with Crippen LogP contribution in [0.2, 0.25) is 5.02 Å². The van der Waals surface area contributed by atoms with E-state index in [0.717, 1.165) is 38.8 Å². The Kier molecular flexibility index (Phi) is 5.65. The number of thiophene rings is 1. The number of aliphatic hydroxyl groups is 1. The number of carbonyl (C=O) groups excluding carboxylic acids is 1. The first kappa shape index (κ1) is 20.7. The first-order chi connectivity index (χ1) is 15.7. The second kappa shape index (κ2) is 8.74. The van der Waals surface area contributed by atoms with Gasteiger partial charge < -0.3 is 15.2 Å². The largest absolute Gasteiger partial charge is 0.493 e. The lowest BCUT2D eigenvalue weighted by Gasteiger charge is -2.10. The number of carbonyl (C=O) groups is 1. The molecule has 1 aliphatic rings. The molecular formula is C23H19ClN4O3S. The number of para-hydroxylation sites is 1. The number of amides is 1. The van der Waals surface area contributed by atoms with Crippen molar-refractivity contribution in [3.63, 3.8) is 0 Å². The van der Waals surface area contributed by atoms with E-state index in [1.165, 1.54) is 0 Å². The maximum Gasteiger partial charge on any atom is 0.251 e. The summed E-state index contributed by atoms with van der Waals surface area (Å²) in [7, 11) is 0. The van der Waals surface area contributed by atoms with E-state index in [1.54, 1.807) is 29.8 Å². The third-order valence-electron chi connectivity index (χ3n) is 5.20. The summed E-state index contributed by atoms with van der Waals surface area (Å²) >= 11 is 8.01. The number of aliphatic hydroxyl groups excluding tert-OH is 1. The third kappa shape index (κ3) is 3.77. The molecule has 0 saturated heterocycles. The summed E-state index contributed by atoms with van der Waals surface area (Å²) in [5.41, 5.74) is 3.42. The Balaban J connectivity index is 1.54. The average molecular weight is 467 g/mol. The fraction of sp³-hybridized carbons (Fsp3) is 0.174. The Morgan fingerprint density at radius 1 is 1.25 bits per heavy atom. The van der Waals surface area contributed by atoms with Crippen LogP contribution in [-0.2, 0) is 6.42 Å². The van der Waals surface area contributed by atoms with Gasteiger partial charge >= 0.3 is 0 Å². The fourth-order valence-corrected chi connectivity index (χ4v) is 5.14. The highest BCUT2D eigenvalue weighted by atomic mass is 35.5. The van der Waals surface area contributed by atoms with Crippen molar-refractivity contribution in [1.29, 1.82) is 0 Å². The van der Waals surface area contributed by atoms with Crippen LogP contribution in [0.4, 0.5) is 0 Å². The summed E-state index contributed by atoms with van der Waals surface area (Å²) in [6.07, 6.45) is 2.41. The Bertz CT molecular complexity index is 1300. The highest BCUT2D eigenvalue weighted by Gasteiger charge is 2.23. The molecule has 4 aromatic rings. The maximum absolute atomic E-state index is 12.3. The van der Waals surface area contributed by atoms with E-state index in [-0.39, 0.29) is 19.1 Å². The number of aromatic nitrogens is 3. The zero-order valence-electron chi connectivity index (χ0n) is 16.9. The number of hydrogen-bond acceptors (Lipinski definition) is 6. The SMILES string of the molecule is O=C(NCCO)c1ccc2c(c1)OCCc1cc(-c3nncn3-c3ccccc3Cl)sc1-2. The van der Waals surface area contributed by atoms with Crippen molar-refractivity contribution in [3.8, 4) is 32.6 Å². The summed E-state index contributed by atoms with van der Waals surface area (Å²) in [6.45, 7) is 0.615. The molecule has 0 saturated carbocycles. The molecule has 1 aliphatic heterocycles. The van der Waals surface area contributed by atoms with Gasteiger partial charge in [0.05, 0.1) is 28.8 Å². The van der Waals surface area contributed by atoms with Gasteiger partial charge in [0.25, 0.3) is 5.91 Å². The monoisotopic (exact) mass is 466 g/mol. The third-order valence-corrected chi connectivity index (χ3v) is 6.73. The van der Waals surface area contributed by atoms with Crippen LogP contribution in [0, 0.1) is 0 Å². The number of rotatable bonds is 5. The predicted molar refractivity (Wildman–Crippen MR) is 124 cm³/mol. The number of halogens is 1. The molecule has 2 aromatic heterocycles. The molecule has 0 aliphatic carbocycles. The molecule has 0 spiro atoms. The van der Waals surface area contributed by atoms with Crippen LogP contribution >= 0.6 is 22.9 Å². The number of fused-ring (bicyclic) bond motifs is 3. The van der Waals surface area contributed by atoms with Crippen molar-refractivity contribution in [2.45, 2.75) is 6.42 Å². The minimum atomic E-state index is -0.241. The molecule has 2 N–H and O–H groups in total. The lowest BCUT2D eigenvalue weighted by molar-refractivity contribution is 0.0944. The predicted octanol–water partition coefficient (Wildman–Crippen LogP) is 3.97. The summed E-state index contributed by atoms with van der Waals surface area (Å²) in [6, 6.07) is 15.1. The van der Waals surface area contributed by atoms with Crippen LogP contribution < -0.4 is 10.1 Å². The van der Waals surface area contributed by atoms with Gasteiger partial charge in [-0.15, -0.1) is 21.5 Å². The summed E-state index contributed by atoms with van der Waals surface area (Å²) in [4.78, 5) is 14.3. The van der Waals surface area contributed by atoms with Gasteiger partial charge in [0.1, 0.15) is 12.1 Å². The van der Waals surface area contributed by atoms with Crippen molar-refractivity contribution < 1.29 is 14.6 Å². The lowest BCUT2D eigenvalue weighted by atomic mass is 10.0. The van der Waals surface area contributed by atoms with Gasteiger partial charge in [-0.2, -0.15) is 0 Å². The van der Waals surface area contributed by atoms with Gasteiger partial charge in [-0.25, -0.2) is 0 Å². The minimum Gasteiger partial charge on any atom is -0.493 e. The van der Waals surface area contributed by atoms with Gasteiger partial charge in [-0.1, -0.05) is 23.7 Å². The van der Waals surface area contributed by atoms with E-state index in [0.29, 0.717) is 22.9 Å². The molecule has 9 heteroatoms. The van der Waals surface area contributed by atoms with Crippen LogP contribution in [0.3, 0.4) is 0 Å². The van der Waals surface area contributed by atoms with Crippen LogP contribution in [-0.4, -0.2) is 45.5 Å². The van der Waals surface area contributed by atoms with E-state index in [9.17, 15) is 4.79 Å². The highest BCUT2D eigenvalue weighted by Crippen LogP contribution is 2.44. The molecule has 0 bridgehead atoms. The number of benzene rings is 2. The zero-order chi connectivity index (χ0) is 22.1. The number of nitrogens with one attached hydrogen (secondary N) is 1. The summed E-state index contributed by atoms with van der Waals surface area (Å²) < 4.78 is 7.84. The lowest BCUT2D eigenvalue weighted by Crippen LogP contribution is -2.26. The first-order valence-corrected chi connectivity index (χ1v) is 11.3. The average Bonchev–Trinajstić information content (AvgIpc) is 3.41. The van der Waals surface area contributed by atoms with Crippen molar-refractivity contribution in [2.75, 3.05) is 19.8 Å². The quantitative estimate of drug-likeness (QED) is 0.464. The van der Waals surface area contributed by atoms with Gasteiger partial charge in [-0.05, 0) is 42.0 Å². The van der Waals surface area contributed by atoms with Crippen LogP contribution in [0.15, 0.2) is 54.9 Å². The van der Waals surface area contributed by atoms with Crippen LogP contribution in [0.5, 0.6) is 5.75 Å². The minimum absolute atomic E-state index is 0.104. The normalized spacial score (nSPS) is 12.4. The van der Waals surface area contributed by atoms with Crippen molar-refractivity contribution in [1.82, 2.24) is 20.1 Å². The van der Waals surface area contributed by atoms with Gasteiger partial charge in [0, 0.05) is 29.0 Å². The summed E-state index contributed by atoms with van der Waals surface area (Å²) in [5, 5.41) is 20.7. The topological polar surface area (TPSA) is 89.3 Å². The zero-order valence-corrected chi connectivity index (χ0v) is 18.5. The maximum atomic E-state index is 12.3. The van der Waals surface area contributed by atoms with Crippen molar-refractivity contribution >= 4 is 28.8 Å². The van der Waals surface area contributed by atoms with Crippen LogP contribution in [0.25, 0.3) is 26.8 Å². The van der Waals surface area contributed by atoms with E-state index in [1.807, 2.05) is 34.9 Å². The molecule has 2 aromatic carbocycles.